The van der Waals surface area contributed by atoms with Gasteiger partial charge in [-0.05, 0) is 60.6 Å². The zero-order valence-corrected chi connectivity index (χ0v) is 16.2. The molecule has 0 atom stereocenters. The predicted octanol–water partition coefficient (Wildman–Crippen LogP) is 3.62. The van der Waals surface area contributed by atoms with Crippen molar-refractivity contribution < 1.29 is 4.79 Å². The summed E-state index contributed by atoms with van der Waals surface area (Å²) in [5, 5.41) is 8.39. The Balaban J connectivity index is 1.29. The Morgan fingerprint density at radius 1 is 1.10 bits per heavy atom. The number of nitrogens with one attached hydrogen (secondary N) is 2. The summed E-state index contributed by atoms with van der Waals surface area (Å²) in [4.78, 5) is 20.2. The predicted molar refractivity (Wildman–Crippen MR) is 112 cm³/mol. The molecule has 0 aliphatic heterocycles. The molecule has 0 fully saturated rings. The van der Waals surface area contributed by atoms with Crippen LogP contribution in [-0.2, 0) is 25.9 Å². The molecular weight excluding hydrogens is 362 g/mol. The number of carbonyl (C=O) groups is 1. The summed E-state index contributed by atoms with van der Waals surface area (Å²) in [5.41, 5.74) is 6.77. The van der Waals surface area contributed by atoms with Gasteiger partial charge in [0.25, 0.3) is 5.91 Å². The lowest BCUT2D eigenvalue weighted by molar-refractivity contribution is 0.0951. The molecule has 1 amide bonds. The lowest BCUT2D eigenvalue weighted by atomic mass is 9.95. The van der Waals surface area contributed by atoms with Gasteiger partial charge >= 0.3 is 0 Å². The Kier molecular flexibility index (Phi) is 4.60. The molecule has 2 heterocycles. The number of carbonyl (C=O) groups excluding carboxylic acids is 1. The highest BCUT2D eigenvalue weighted by molar-refractivity contribution is 5.99. The van der Waals surface area contributed by atoms with Gasteiger partial charge in [-0.1, -0.05) is 24.3 Å². The standard InChI is InChI=1S/C23H23N5O/c29-23(18-8-9-22-20(11-18)19-6-1-2-7-21(19)27-22)25-12-16-4-3-5-17(10-16)13-28-15-24-14-26-28/h3-5,8-11,14-15,27H,1-2,6-7,12-13H2,(H,25,29). The zero-order valence-electron chi connectivity index (χ0n) is 16.2. The number of nitrogens with zero attached hydrogens (tertiary/aromatic N) is 3. The maximum atomic E-state index is 12.7. The second-order valence-corrected chi connectivity index (χ2v) is 7.65. The minimum absolute atomic E-state index is 0.0423. The molecule has 0 saturated carbocycles. The van der Waals surface area contributed by atoms with Crippen molar-refractivity contribution in [3.63, 3.8) is 0 Å². The second kappa shape index (κ2) is 7.54. The molecule has 4 aromatic rings. The number of H-pyrrole nitrogens is 1. The van der Waals surface area contributed by atoms with Gasteiger partial charge in [0.05, 0.1) is 6.54 Å². The Hall–Kier alpha value is -3.41. The number of hydrogen-bond acceptors (Lipinski definition) is 3. The van der Waals surface area contributed by atoms with Crippen LogP contribution in [0.4, 0.5) is 0 Å². The fourth-order valence-electron chi connectivity index (χ4n) is 4.17. The molecule has 0 unspecified atom stereocenters. The Labute approximate surface area is 169 Å². The van der Waals surface area contributed by atoms with Gasteiger partial charge in [-0.15, -0.1) is 0 Å². The summed E-state index contributed by atoms with van der Waals surface area (Å²) in [6, 6.07) is 14.1. The van der Waals surface area contributed by atoms with Gasteiger partial charge in [-0.2, -0.15) is 5.10 Å². The van der Waals surface area contributed by atoms with E-state index < -0.39 is 0 Å². The van der Waals surface area contributed by atoms with Crippen molar-refractivity contribution in [2.75, 3.05) is 0 Å². The van der Waals surface area contributed by atoms with Crippen molar-refractivity contribution in [2.45, 2.75) is 38.8 Å². The van der Waals surface area contributed by atoms with Crippen molar-refractivity contribution in [1.29, 1.82) is 0 Å². The van der Waals surface area contributed by atoms with Crippen molar-refractivity contribution in [3.05, 3.63) is 83.1 Å². The van der Waals surface area contributed by atoms with E-state index in [-0.39, 0.29) is 5.91 Å². The maximum Gasteiger partial charge on any atom is 0.251 e. The molecular formula is C23H23N5O. The van der Waals surface area contributed by atoms with E-state index in [1.165, 1.54) is 35.8 Å². The normalized spacial score (nSPS) is 13.4. The maximum absolute atomic E-state index is 12.7. The molecule has 0 spiro atoms. The summed E-state index contributed by atoms with van der Waals surface area (Å²) >= 11 is 0. The first-order valence-electron chi connectivity index (χ1n) is 10.1. The molecule has 0 bridgehead atoms. The van der Waals surface area contributed by atoms with Crippen LogP contribution in [0, 0.1) is 0 Å². The SMILES string of the molecule is O=C(NCc1cccc(Cn2cncn2)c1)c1ccc2[nH]c3c(c2c1)CCCC3. The molecule has 1 aliphatic rings. The van der Waals surface area contributed by atoms with E-state index in [1.54, 1.807) is 11.0 Å². The van der Waals surface area contributed by atoms with Crippen molar-refractivity contribution in [3.8, 4) is 0 Å². The number of aromatic amines is 1. The van der Waals surface area contributed by atoms with Crippen LogP contribution < -0.4 is 5.32 Å². The van der Waals surface area contributed by atoms with Gasteiger partial charge < -0.3 is 10.3 Å². The summed E-state index contributed by atoms with van der Waals surface area (Å²) in [5.74, 6) is -0.0423. The fraction of sp³-hybridized carbons (Fsp3) is 0.261. The highest BCUT2D eigenvalue weighted by Crippen LogP contribution is 2.29. The lowest BCUT2D eigenvalue weighted by Gasteiger charge is -2.11. The van der Waals surface area contributed by atoms with E-state index >= 15 is 0 Å². The molecule has 0 saturated heterocycles. The number of rotatable bonds is 5. The molecule has 5 rings (SSSR count). The second-order valence-electron chi connectivity index (χ2n) is 7.65. The van der Waals surface area contributed by atoms with E-state index in [9.17, 15) is 4.79 Å². The third-order valence-electron chi connectivity index (χ3n) is 5.62. The molecule has 6 nitrogen and oxygen atoms in total. The number of fused-ring (bicyclic) bond motifs is 3. The average Bonchev–Trinajstić information content (AvgIpc) is 3.39. The third-order valence-corrected chi connectivity index (χ3v) is 5.62. The monoisotopic (exact) mass is 385 g/mol. The molecule has 29 heavy (non-hydrogen) atoms. The van der Waals surface area contributed by atoms with E-state index in [0.29, 0.717) is 18.7 Å². The van der Waals surface area contributed by atoms with Crippen molar-refractivity contribution in [1.82, 2.24) is 25.1 Å². The number of amides is 1. The van der Waals surface area contributed by atoms with Crippen LogP contribution in [0.3, 0.4) is 0 Å². The number of aryl methyl sites for hydroxylation is 2. The van der Waals surface area contributed by atoms with E-state index in [1.807, 2.05) is 30.3 Å². The summed E-state index contributed by atoms with van der Waals surface area (Å²) in [7, 11) is 0. The van der Waals surface area contributed by atoms with Gasteiger partial charge in [0.15, 0.2) is 0 Å². The first-order chi connectivity index (χ1) is 14.3. The third kappa shape index (κ3) is 3.66. The average molecular weight is 385 g/mol. The first kappa shape index (κ1) is 17.7. The highest BCUT2D eigenvalue weighted by Gasteiger charge is 2.16. The van der Waals surface area contributed by atoms with Gasteiger partial charge in [0, 0.05) is 28.7 Å². The Bertz CT molecular complexity index is 1160. The van der Waals surface area contributed by atoms with Crippen LogP contribution in [0.25, 0.3) is 10.9 Å². The van der Waals surface area contributed by atoms with Gasteiger partial charge in [-0.3, -0.25) is 4.79 Å². The van der Waals surface area contributed by atoms with E-state index in [2.05, 4.69) is 32.5 Å². The topological polar surface area (TPSA) is 75.6 Å². The minimum Gasteiger partial charge on any atom is -0.358 e. The highest BCUT2D eigenvalue weighted by atomic mass is 16.1. The van der Waals surface area contributed by atoms with Crippen molar-refractivity contribution >= 4 is 16.8 Å². The Morgan fingerprint density at radius 2 is 2.00 bits per heavy atom. The molecule has 146 valence electrons. The van der Waals surface area contributed by atoms with Gasteiger partial charge in [0.2, 0.25) is 0 Å². The molecule has 1 aliphatic carbocycles. The van der Waals surface area contributed by atoms with Crippen LogP contribution in [0.2, 0.25) is 0 Å². The number of hydrogen-bond donors (Lipinski definition) is 2. The number of benzene rings is 2. The molecule has 2 aromatic heterocycles. The van der Waals surface area contributed by atoms with E-state index in [0.717, 1.165) is 29.5 Å². The fourth-order valence-corrected chi connectivity index (χ4v) is 4.17. The van der Waals surface area contributed by atoms with Crippen LogP contribution in [0.1, 0.15) is 45.6 Å². The van der Waals surface area contributed by atoms with Crippen LogP contribution in [0.5, 0.6) is 0 Å². The van der Waals surface area contributed by atoms with Crippen molar-refractivity contribution in [2.24, 2.45) is 0 Å². The zero-order chi connectivity index (χ0) is 19.6. The summed E-state index contributed by atoms with van der Waals surface area (Å²) in [6.07, 6.45) is 7.90. The smallest absolute Gasteiger partial charge is 0.251 e. The van der Waals surface area contributed by atoms with Gasteiger partial charge in [0.1, 0.15) is 12.7 Å². The van der Waals surface area contributed by atoms with Crippen LogP contribution in [-0.4, -0.2) is 25.7 Å². The quantitative estimate of drug-likeness (QED) is 0.551. The van der Waals surface area contributed by atoms with Crippen LogP contribution in [0.15, 0.2) is 55.1 Å². The van der Waals surface area contributed by atoms with Crippen LogP contribution >= 0.6 is 0 Å². The van der Waals surface area contributed by atoms with E-state index in [4.69, 9.17) is 0 Å². The molecule has 0 radical (unpaired) electrons. The summed E-state index contributed by atoms with van der Waals surface area (Å²) in [6.45, 7) is 1.16. The van der Waals surface area contributed by atoms with Gasteiger partial charge in [-0.25, -0.2) is 9.67 Å². The molecule has 2 aromatic carbocycles. The number of aromatic nitrogens is 4. The minimum atomic E-state index is -0.0423. The summed E-state index contributed by atoms with van der Waals surface area (Å²) < 4.78 is 1.78. The molecule has 6 heteroatoms. The first-order valence-corrected chi connectivity index (χ1v) is 10.1. The molecule has 2 N–H and O–H groups in total. The lowest BCUT2D eigenvalue weighted by Crippen LogP contribution is -2.22. The Morgan fingerprint density at radius 3 is 2.90 bits per heavy atom. The largest absolute Gasteiger partial charge is 0.358 e.